The van der Waals surface area contributed by atoms with Crippen molar-refractivity contribution in [1.29, 1.82) is 0 Å². The van der Waals surface area contributed by atoms with Crippen LogP contribution >= 0.6 is 0 Å². The van der Waals surface area contributed by atoms with Gasteiger partial charge in [0.1, 0.15) is 0 Å². The quantitative estimate of drug-likeness (QED) is 0.565. The number of nitrogens with zero attached hydrogens (tertiary/aromatic N) is 2. The van der Waals surface area contributed by atoms with E-state index in [0.29, 0.717) is 24.1 Å². The van der Waals surface area contributed by atoms with Gasteiger partial charge in [-0.2, -0.15) is 0 Å². The molecule has 2 aromatic rings. The number of likely N-dealkylation sites (tertiary alicyclic amines) is 1. The maximum Gasteiger partial charge on any atom is 0.224 e. The lowest BCUT2D eigenvalue weighted by Crippen LogP contribution is -2.45. The normalized spacial score (nSPS) is 18.3. The maximum absolute atomic E-state index is 12.5. The minimum atomic E-state index is -3.23. The van der Waals surface area contributed by atoms with Crippen LogP contribution < -0.4 is 10.2 Å². The smallest absolute Gasteiger partial charge is 0.224 e. The molecule has 0 aliphatic carbocycles. The predicted molar refractivity (Wildman–Crippen MR) is 140 cm³/mol. The van der Waals surface area contributed by atoms with E-state index in [0.717, 1.165) is 65.1 Å². The summed E-state index contributed by atoms with van der Waals surface area (Å²) in [6.45, 7) is 5.72. The number of hydrogen-bond acceptors (Lipinski definition) is 6. The molecule has 0 atom stereocenters. The SMILES string of the molecule is CS(=O)(=O)c1ccc(NC(=O)CC2CCN(CCN(c3ccccc3)C3CCOCC3)CC2)cc1. The largest absolute Gasteiger partial charge is 0.381 e. The molecule has 0 bridgehead atoms. The Morgan fingerprint density at radius 2 is 1.66 bits per heavy atom. The van der Waals surface area contributed by atoms with Gasteiger partial charge in [0.15, 0.2) is 9.84 Å². The van der Waals surface area contributed by atoms with E-state index in [-0.39, 0.29) is 10.8 Å². The summed E-state index contributed by atoms with van der Waals surface area (Å²) in [5, 5.41) is 2.91. The number of rotatable bonds is 9. The number of carbonyl (C=O) groups excluding carboxylic acids is 1. The number of piperidine rings is 1. The fraction of sp³-hybridized carbons (Fsp3) is 0.519. The third kappa shape index (κ3) is 7.53. The molecule has 8 heteroatoms. The Bertz CT molecular complexity index is 1050. The van der Waals surface area contributed by atoms with Crippen LogP contribution in [0.4, 0.5) is 11.4 Å². The average Bonchev–Trinajstić information content (AvgIpc) is 2.86. The molecule has 2 aromatic carbocycles. The first-order valence-corrected chi connectivity index (χ1v) is 14.5. The molecule has 0 aromatic heterocycles. The number of amides is 1. The number of carbonyl (C=O) groups is 1. The summed E-state index contributed by atoms with van der Waals surface area (Å²) >= 11 is 0. The van der Waals surface area contributed by atoms with Crippen LogP contribution in [0.15, 0.2) is 59.5 Å². The zero-order valence-electron chi connectivity index (χ0n) is 20.6. The fourth-order valence-electron chi connectivity index (χ4n) is 5.06. The Labute approximate surface area is 209 Å². The van der Waals surface area contributed by atoms with Gasteiger partial charge >= 0.3 is 0 Å². The van der Waals surface area contributed by atoms with Crippen LogP contribution in [0.1, 0.15) is 32.1 Å². The number of ether oxygens (including phenoxy) is 1. The van der Waals surface area contributed by atoms with Crippen molar-refractivity contribution >= 4 is 27.1 Å². The lowest BCUT2D eigenvalue weighted by Gasteiger charge is -2.39. The summed E-state index contributed by atoms with van der Waals surface area (Å²) in [6, 6.07) is 17.6. The Hall–Kier alpha value is -2.42. The fourth-order valence-corrected chi connectivity index (χ4v) is 5.69. The molecule has 35 heavy (non-hydrogen) atoms. The van der Waals surface area contributed by atoms with Gasteiger partial charge in [-0.25, -0.2) is 8.42 Å². The number of sulfone groups is 1. The first-order chi connectivity index (χ1) is 16.9. The molecule has 1 amide bonds. The van der Waals surface area contributed by atoms with Gasteiger partial charge in [0, 0.05) is 56.4 Å². The Morgan fingerprint density at radius 1 is 1.00 bits per heavy atom. The predicted octanol–water partition coefficient (Wildman–Crippen LogP) is 3.82. The Morgan fingerprint density at radius 3 is 2.29 bits per heavy atom. The van der Waals surface area contributed by atoms with Crippen molar-refractivity contribution in [2.24, 2.45) is 5.92 Å². The third-order valence-corrected chi connectivity index (χ3v) is 8.25. The van der Waals surface area contributed by atoms with Crippen LogP contribution in [0.5, 0.6) is 0 Å². The van der Waals surface area contributed by atoms with Crippen LogP contribution in [-0.4, -0.2) is 70.9 Å². The van der Waals surface area contributed by atoms with E-state index in [1.54, 1.807) is 12.1 Å². The van der Waals surface area contributed by atoms with E-state index in [2.05, 4.69) is 45.4 Å². The average molecular weight is 500 g/mol. The number of nitrogens with one attached hydrogen (secondary N) is 1. The van der Waals surface area contributed by atoms with Crippen LogP contribution in [0.25, 0.3) is 0 Å². The molecule has 2 aliphatic heterocycles. The molecule has 2 saturated heterocycles. The van der Waals surface area contributed by atoms with E-state index in [4.69, 9.17) is 4.74 Å². The molecular weight excluding hydrogens is 462 g/mol. The second-order valence-electron chi connectivity index (χ2n) is 9.71. The molecule has 7 nitrogen and oxygen atoms in total. The molecule has 2 heterocycles. The van der Waals surface area contributed by atoms with Crippen molar-refractivity contribution in [1.82, 2.24) is 4.90 Å². The number of anilines is 2. The highest BCUT2D eigenvalue weighted by molar-refractivity contribution is 7.90. The molecule has 4 rings (SSSR count). The number of hydrogen-bond donors (Lipinski definition) is 1. The summed E-state index contributed by atoms with van der Waals surface area (Å²) in [7, 11) is -3.23. The van der Waals surface area contributed by atoms with Gasteiger partial charge in [0.05, 0.1) is 4.90 Å². The van der Waals surface area contributed by atoms with Crippen molar-refractivity contribution in [3.63, 3.8) is 0 Å². The van der Waals surface area contributed by atoms with Gasteiger partial charge in [0.25, 0.3) is 0 Å². The summed E-state index contributed by atoms with van der Waals surface area (Å²) in [4.78, 5) is 17.9. The summed E-state index contributed by atoms with van der Waals surface area (Å²) < 4.78 is 28.8. The zero-order chi connectivity index (χ0) is 24.7. The second kappa shape index (κ2) is 12.0. The highest BCUT2D eigenvalue weighted by atomic mass is 32.2. The summed E-state index contributed by atoms with van der Waals surface area (Å²) in [5.41, 5.74) is 1.92. The molecular formula is C27H37N3O4S. The van der Waals surface area contributed by atoms with Gasteiger partial charge in [-0.05, 0) is 81.1 Å². The van der Waals surface area contributed by atoms with Gasteiger partial charge in [-0.15, -0.1) is 0 Å². The standard InChI is InChI=1S/C27H37N3O4S/c1-35(32,33)26-9-7-23(8-10-26)28-27(31)21-22-11-15-29(16-12-22)17-18-30(24-5-3-2-4-6-24)25-13-19-34-20-14-25/h2-10,22,25H,11-21H2,1H3,(H,28,31). The molecule has 0 saturated carbocycles. The van der Waals surface area contributed by atoms with Gasteiger partial charge in [0.2, 0.25) is 5.91 Å². The minimum Gasteiger partial charge on any atom is -0.381 e. The van der Waals surface area contributed by atoms with E-state index >= 15 is 0 Å². The van der Waals surface area contributed by atoms with Crippen LogP contribution in [0, 0.1) is 5.92 Å². The van der Waals surface area contributed by atoms with Crippen molar-refractivity contribution in [3.05, 3.63) is 54.6 Å². The molecule has 0 radical (unpaired) electrons. The molecule has 190 valence electrons. The Kier molecular flexibility index (Phi) is 8.81. The maximum atomic E-state index is 12.5. The van der Waals surface area contributed by atoms with Crippen molar-refractivity contribution in [2.45, 2.75) is 43.0 Å². The van der Waals surface area contributed by atoms with E-state index in [9.17, 15) is 13.2 Å². The van der Waals surface area contributed by atoms with E-state index in [1.165, 1.54) is 24.1 Å². The van der Waals surface area contributed by atoms with E-state index in [1.807, 2.05) is 0 Å². The Balaban J connectivity index is 1.22. The van der Waals surface area contributed by atoms with Gasteiger partial charge < -0.3 is 19.9 Å². The monoisotopic (exact) mass is 499 g/mol. The molecule has 1 N–H and O–H groups in total. The lowest BCUT2D eigenvalue weighted by atomic mass is 9.93. The lowest BCUT2D eigenvalue weighted by molar-refractivity contribution is -0.117. The third-order valence-electron chi connectivity index (χ3n) is 7.12. The molecule has 2 fully saturated rings. The molecule has 2 aliphatic rings. The van der Waals surface area contributed by atoms with Gasteiger partial charge in [-0.3, -0.25) is 4.79 Å². The second-order valence-corrected chi connectivity index (χ2v) is 11.7. The minimum absolute atomic E-state index is 0.00896. The summed E-state index contributed by atoms with van der Waals surface area (Å²) in [6.07, 6.45) is 5.86. The van der Waals surface area contributed by atoms with Crippen molar-refractivity contribution in [3.8, 4) is 0 Å². The van der Waals surface area contributed by atoms with Crippen LogP contribution in [0.2, 0.25) is 0 Å². The van der Waals surface area contributed by atoms with Crippen LogP contribution in [-0.2, 0) is 19.4 Å². The highest BCUT2D eigenvalue weighted by Gasteiger charge is 2.25. The van der Waals surface area contributed by atoms with Crippen molar-refractivity contribution < 1.29 is 17.9 Å². The summed E-state index contributed by atoms with van der Waals surface area (Å²) in [5.74, 6) is 0.368. The van der Waals surface area contributed by atoms with Crippen LogP contribution in [0.3, 0.4) is 0 Å². The van der Waals surface area contributed by atoms with E-state index < -0.39 is 9.84 Å². The molecule has 0 unspecified atom stereocenters. The highest BCUT2D eigenvalue weighted by Crippen LogP contribution is 2.25. The zero-order valence-corrected chi connectivity index (χ0v) is 21.4. The topological polar surface area (TPSA) is 79.0 Å². The first-order valence-electron chi connectivity index (χ1n) is 12.6. The number of para-hydroxylation sites is 1. The first kappa shape index (κ1) is 25.7. The molecule has 0 spiro atoms. The number of benzene rings is 2. The van der Waals surface area contributed by atoms with Gasteiger partial charge in [-0.1, -0.05) is 18.2 Å². The van der Waals surface area contributed by atoms with Crippen molar-refractivity contribution in [2.75, 3.05) is 55.9 Å².